The molecule has 5 aliphatic rings. The Bertz CT molecular complexity index is 1540. The number of nitrogens with one attached hydrogen (secondary N) is 1. The van der Waals surface area contributed by atoms with E-state index in [9.17, 15) is 28.0 Å². The zero-order valence-corrected chi connectivity index (χ0v) is 24.4. The van der Waals surface area contributed by atoms with Gasteiger partial charge in [-0.05, 0) is 37.5 Å². The second kappa shape index (κ2) is 10.5. The number of amides is 4. The summed E-state index contributed by atoms with van der Waals surface area (Å²) in [6, 6.07) is -1.25. The van der Waals surface area contributed by atoms with Gasteiger partial charge in [0.15, 0.2) is 11.6 Å². The first-order valence-corrected chi connectivity index (χ1v) is 15.3. The standard InChI is InChI=1S/C30H35F2N7O5/c1-37(27(41)22(9-16-4-5-16)39-13-20(35-36-39)17-6-7-17)21(8-15-2-3-15)28(42)38-14-30(12-23(38)26(33)40)29(43)34-25-19(32)10-18(31)11-24(25)44-30/h10-11,13,15-17,21-23H,2-9,12,14H2,1H3,(H2,33,40)(H,34,43)/t21-,22?,23-,30+/m0/s1. The molecule has 3 N–H and O–H groups in total. The molecule has 0 bridgehead atoms. The third kappa shape index (κ3) is 5.28. The Kier molecular flexibility index (Phi) is 6.85. The Balaban J connectivity index is 1.16. The van der Waals surface area contributed by atoms with Gasteiger partial charge in [-0.15, -0.1) is 5.10 Å². The predicted molar refractivity (Wildman–Crippen MR) is 150 cm³/mol. The second-order valence-electron chi connectivity index (χ2n) is 13.1. The van der Waals surface area contributed by atoms with Crippen LogP contribution in [0.15, 0.2) is 18.3 Å². The van der Waals surface area contributed by atoms with E-state index in [1.165, 1.54) is 9.80 Å². The molecule has 2 aromatic rings. The lowest BCUT2D eigenvalue weighted by atomic mass is 9.96. The number of likely N-dealkylation sites (N-methyl/N-ethyl adjacent to an activating group) is 1. The van der Waals surface area contributed by atoms with Crippen molar-refractivity contribution in [3.63, 3.8) is 0 Å². The lowest BCUT2D eigenvalue weighted by Gasteiger charge is -2.36. The number of ether oxygens (including phenoxy) is 1. The van der Waals surface area contributed by atoms with Gasteiger partial charge in [-0.2, -0.15) is 0 Å². The first-order chi connectivity index (χ1) is 21.0. The van der Waals surface area contributed by atoms with Crippen LogP contribution < -0.4 is 15.8 Å². The third-order valence-corrected chi connectivity index (χ3v) is 9.65. The Morgan fingerprint density at radius 2 is 1.84 bits per heavy atom. The van der Waals surface area contributed by atoms with Gasteiger partial charge in [0.25, 0.3) is 5.91 Å². The van der Waals surface area contributed by atoms with E-state index in [2.05, 4.69) is 15.6 Å². The highest BCUT2D eigenvalue weighted by molar-refractivity contribution is 6.03. The molecule has 3 heterocycles. The lowest BCUT2D eigenvalue weighted by Crippen LogP contribution is -2.56. The molecule has 44 heavy (non-hydrogen) atoms. The number of rotatable bonds is 10. The number of anilines is 1. The Morgan fingerprint density at radius 1 is 1.14 bits per heavy atom. The molecule has 1 spiro atoms. The molecule has 14 heteroatoms. The molecule has 4 fully saturated rings. The Morgan fingerprint density at radius 3 is 2.50 bits per heavy atom. The minimum atomic E-state index is -1.80. The lowest BCUT2D eigenvalue weighted by molar-refractivity contribution is -0.149. The highest BCUT2D eigenvalue weighted by Gasteiger charge is 2.58. The maximum Gasteiger partial charge on any atom is 0.270 e. The Labute approximate surface area is 252 Å². The van der Waals surface area contributed by atoms with E-state index in [1.807, 2.05) is 6.20 Å². The van der Waals surface area contributed by atoms with Crippen molar-refractivity contribution in [3.05, 3.63) is 35.7 Å². The number of hydrogen-bond acceptors (Lipinski definition) is 7. The van der Waals surface area contributed by atoms with Gasteiger partial charge < -0.3 is 25.6 Å². The van der Waals surface area contributed by atoms with Gasteiger partial charge in [-0.3, -0.25) is 19.2 Å². The van der Waals surface area contributed by atoms with Gasteiger partial charge in [0.2, 0.25) is 23.3 Å². The topological polar surface area (TPSA) is 153 Å². The molecular weight excluding hydrogens is 576 g/mol. The number of carbonyl (C=O) groups is 4. The Hall–Kier alpha value is -4.10. The summed E-state index contributed by atoms with van der Waals surface area (Å²) < 4.78 is 35.9. The number of fused-ring (bicyclic) bond motifs is 1. The molecule has 4 amide bonds. The number of aromatic nitrogens is 3. The maximum absolute atomic E-state index is 14.4. The predicted octanol–water partition coefficient (Wildman–Crippen LogP) is 2.26. The summed E-state index contributed by atoms with van der Waals surface area (Å²) in [4.78, 5) is 57.1. The number of benzene rings is 1. The van der Waals surface area contributed by atoms with Crippen molar-refractivity contribution in [3.8, 4) is 5.75 Å². The number of primary amides is 1. The second-order valence-corrected chi connectivity index (χ2v) is 13.1. The highest BCUT2D eigenvalue weighted by Crippen LogP contribution is 2.44. The van der Waals surface area contributed by atoms with Crippen LogP contribution in [0.1, 0.15) is 75.4 Å². The fraction of sp³-hybridized carbons (Fsp3) is 0.600. The van der Waals surface area contributed by atoms with Crippen LogP contribution in [-0.4, -0.2) is 79.7 Å². The summed E-state index contributed by atoms with van der Waals surface area (Å²) in [6.07, 6.45) is 8.46. The van der Waals surface area contributed by atoms with E-state index in [4.69, 9.17) is 10.5 Å². The van der Waals surface area contributed by atoms with Gasteiger partial charge in [0, 0.05) is 37.7 Å². The maximum atomic E-state index is 14.4. The number of halogens is 2. The van der Waals surface area contributed by atoms with Crippen LogP contribution in [0.2, 0.25) is 0 Å². The fourth-order valence-electron chi connectivity index (χ4n) is 6.51. The summed E-state index contributed by atoms with van der Waals surface area (Å²) >= 11 is 0. The highest BCUT2D eigenvalue weighted by atomic mass is 19.1. The van der Waals surface area contributed by atoms with E-state index < -0.39 is 53.1 Å². The minimum absolute atomic E-state index is 0.226. The van der Waals surface area contributed by atoms with Crippen LogP contribution in [0.5, 0.6) is 5.75 Å². The average Bonchev–Trinajstić information content (AvgIpc) is 3.90. The van der Waals surface area contributed by atoms with Crippen LogP contribution in [-0.2, 0) is 19.2 Å². The summed E-state index contributed by atoms with van der Waals surface area (Å²) in [5.41, 5.74) is 4.48. The molecule has 1 saturated heterocycles. The average molecular weight is 612 g/mol. The molecule has 0 radical (unpaired) electrons. The smallest absolute Gasteiger partial charge is 0.270 e. The third-order valence-electron chi connectivity index (χ3n) is 9.65. The molecule has 234 valence electrons. The summed E-state index contributed by atoms with van der Waals surface area (Å²) in [7, 11) is 1.59. The van der Waals surface area contributed by atoms with Crippen LogP contribution in [0.3, 0.4) is 0 Å². The largest absolute Gasteiger partial charge is 0.473 e. The first kappa shape index (κ1) is 28.7. The van der Waals surface area contributed by atoms with Crippen LogP contribution >= 0.6 is 0 Å². The van der Waals surface area contributed by atoms with Crippen molar-refractivity contribution in [2.24, 2.45) is 17.6 Å². The number of likely N-dealkylation sites (tertiary alicyclic amines) is 1. The number of hydrogen-bond donors (Lipinski definition) is 2. The molecule has 1 aromatic carbocycles. The van der Waals surface area contributed by atoms with E-state index in [1.54, 1.807) is 11.7 Å². The van der Waals surface area contributed by atoms with Gasteiger partial charge in [0.05, 0.1) is 12.2 Å². The van der Waals surface area contributed by atoms with Crippen molar-refractivity contribution in [1.82, 2.24) is 24.8 Å². The molecule has 1 unspecified atom stereocenters. The molecule has 1 aromatic heterocycles. The van der Waals surface area contributed by atoms with Crippen LogP contribution in [0, 0.1) is 23.5 Å². The molecule has 7 rings (SSSR count). The van der Waals surface area contributed by atoms with E-state index >= 15 is 0 Å². The summed E-state index contributed by atoms with van der Waals surface area (Å²) in [6.45, 7) is -0.384. The first-order valence-electron chi connectivity index (χ1n) is 15.3. The molecule has 2 aliphatic heterocycles. The summed E-state index contributed by atoms with van der Waals surface area (Å²) in [5, 5.41) is 11.0. The van der Waals surface area contributed by atoms with E-state index in [-0.39, 0.29) is 36.2 Å². The minimum Gasteiger partial charge on any atom is -0.473 e. The van der Waals surface area contributed by atoms with Gasteiger partial charge >= 0.3 is 0 Å². The molecular formula is C30H35F2N7O5. The van der Waals surface area contributed by atoms with Crippen molar-refractivity contribution >= 4 is 29.3 Å². The zero-order chi connectivity index (χ0) is 30.9. The van der Waals surface area contributed by atoms with Crippen LogP contribution in [0.25, 0.3) is 0 Å². The van der Waals surface area contributed by atoms with Gasteiger partial charge in [-0.1, -0.05) is 30.9 Å². The van der Waals surface area contributed by atoms with Crippen molar-refractivity contribution in [2.45, 2.75) is 87.4 Å². The van der Waals surface area contributed by atoms with Crippen molar-refractivity contribution in [1.29, 1.82) is 0 Å². The van der Waals surface area contributed by atoms with E-state index in [0.717, 1.165) is 50.3 Å². The monoisotopic (exact) mass is 611 g/mol. The number of nitrogens with zero attached hydrogens (tertiary/aromatic N) is 5. The normalized spacial score (nSPS) is 25.7. The number of nitrogens with two attached hydrogens (primary N) is 1. The van der Waals surface area contributed by atoms with Gasteiger partial charge in [-0.25, -0.2) is 13.5 Å². The van der Waals surface area contributed by atoms with Gasteiger partial charge in [0.1, 0.15) is 29.6 Å². The fourth-order valence-corrected chi connectivity index (χ4v) is 6.51. The number of carbonyl (C=O) groups excluding carboxylic acids is 4. The van der Waals surface area contributed by atoms with Crippen molar-refractivity contribution < 1.29 is 32.7 Å². The quantitative estimate of drug-likeness (QED) is 0.418. The molecule has 4 atom stereocenters. The van der Waals surface area contributed by atoms with Crippen LogP contribution in [0.4, 0.5) is 14.5 Å². The summed E-state index contributed by atoms with van der Waals surface area (Å²) in [5.74, 6) is -3.63. The molecule has 3 saturated carbocycles. The molecule has 12 nitrogen and oxygen atoms in total. The molecule has 3 aliphatic carbocycles. The van der Waals surface area contributed by atoms with E-state index in [0.29, 0.717) is 30.7 Å². The SMILES string of the molecule is CN(C(=O)C(CC1CC1)n1cc(C2CC2)nn1)[C@@H](CC1CC1)C(=O)N1C[C@@]2(C[C@H]1C(N)=O)Oc1cc(F)cc(F)c1NC2=O. The van der Waals surface area contributed by atoms with Crippen molar-refractivity contribution in [2.75, 3.05) is 18.9 Å². The zero-order valence-electron chi connectivity index (χ0n) is 24.4.